The highest BCUT2D eigenvalue weighted by Crippen LogP contribution is 1.99. The number of hydrogen-bond acceptors (Lipinski definition) is 4. The number of aliphatic hydroxyl groups is 1. The standard InChI is InChI=1S/C8H16N2O4/c1-8(2,9)7(14)10-5(3-4-11)6(12)13/h5,11H,3-4,9H2,1-2H3,(H,10,14)(H,12,13). The number of rotatable bonds is 5. The van der Waals surface area contributed by atoms with Crippen LogP contribution in [0, 0.1) is 0 Å². The van der Waals surface area contributed by atoms with Gasteiger partial charge in [-0.3, -0.25) is 4.79 Å². The fourth-order valence-electron chi connectivity index (χ4n) is 0.731. The first-order chi connectivity index (χ1) is 6.29. The molecule has 5 N–H and O–H groups in total. The molecule has 6 nitrogen and oxygen atoms in total. The zero-order valence-corrected chi connectivity index (χ0v) is 8.28. The predicted molar refractivity (Wildman–Crippen MR) is 49.5 cm³/mol. The lowest BCUT2D eigenvalue weighted by molar-refractivity contribution is -0.142. The Morgan fingerprint density at radius 1 is 1.50 bits per heavy atom. The van der Waals surface area contributed by atoms with Crippen LogP contribution >= 0.6 is 0 Å². The summed E-state index contributed by atoms with van der Waals surface area (Å²) in [5.74, 6) is -1.74. The van der Waals surface area contributed by atoms with E-state index in [0.717, 1.165) is 0 Å². The monoisotopic (exact) mass is 204 g/mol. The van der Waals surface area contributed by atoms with Crippen LogP contribution in [0.15, 0.2) is 0 Å². The fourth-order valence-corrected chi connectivity index (χ4v) is 0.731. The summed E-state index contributed by atoms with van der Waals surface area (Å²) in [6.45, 7) is 2.64. The zero-order valence-electron chi connectivity index (χ0n) is 8.28. The highest BCUT2D eigenvalue weighted by Gasteiger charge is 2.27. The molecule has 0 fully saturated rings. The summed E-state index contributed by atoms with van der Waals surface area (Å²) in [7, 11) is 0. The first-order valence-corrected chi connectivity index (χ1v) is 4.22. The van der Waals surface area contributed by atoms with Crippen molar-refractivity contribution in [3.63, 3.8) is 0 Å². The van der Waals surface area contributed by atoms with Gasteiger partial charge in [0.1, 0.15) is 6.04 Å². The van der Waals surface area contributed by atoms with Gasteiger partial charge in [0, 0.05) is 13.0 Å². The lowest BCUT2D eigenvalue weighted by Gasteiger charge is -2.21. The summed E-state index contributed by atoms with van der Waals surface area (Å²) in [6.07, 6.45) is -0.0306. The van der Waals surface area contributed by atoms with Crippen molar-refractivity contribution in [2.24, 2.45) is 5.73 Å². The second-order valence-corrected chi connectivity index (χ2v) is 3.60. The van der Waals surface area contributed by atoms with Crippen LogP contribution in [0.4, 0.5) is 0 Å². The Labute approximate surface area is 82.1 Å². The van der Waals surface area contributed by atoms with Crippen LogP contribution in [0.2, 0.25) is 0 Å². The summed E-state index contributed by atoms with van der Waals surface area (Å²) in [5.41, 5.74) is 4.33. The first kappa shape index (κ1) is 12.9. The molecule has 0 spiro atoms. The number of carboxylic acids is 1. The molecule has 1 amide bonds. The molecule has 0 bridgehead atoms. The average Bonchev–Trinajstić information content (AvgIpc) is 2.01. The van der Waals surface area contributed by atoms with Gasteiger partial charge in [0.2, 0.25) is 5.91 Å². The number of amides is 1. The molecule has 1 unspecified atom stereocenters. The number of carbonyl (C=O) groups excluding carboxylic acids is 1. The van der Waals surface area contributed by atoms with E-state index in [-0.39, 0.29) is 13.0 Å². The third-order valence-electron chi connectivity index (χ3n) is 1.61. The van der Waals surface area contributed by atoms with Crippen LogP contribution in [-0.2, 0) is 9.59 Å². The minimum absolute atomic E-state index is 0.0306. The van der Waals surface area contributed by atoms with Crippen LogP contribution in [0.3, 0.4) is 0 Å². The fraction of sp³-hybridized carbons (Fsp3) is 0.750. The van der Waals surface area contributed by atoms with Gasteiger partial charge in [-0.1, -0.05) is 0 Å². The van der Waals surface area contributed by atoms with Gasteiger partial charge in [-0.25, -0.2) is 4.79 Å². The molecule has 0 aliphatic heterocycles. The van der Waals surface area contributed by atoms with Gasteiger partial charge in [0.25, 0.3) is 0 Å². The molecule has 0 aromatic rings. The second-order valence-electron chi connectivity index (χ2n) is 3.60. The van der Waals surface area contributed by atoms with E-state index in [4.69, 9.17) is 15.9 Å². The van der Waals surface area contributed by atoms with Crippen LogP contribution in [0.1, 0.15) is 20.3 Å². The van der Waals surface area contributed by atoms with Gasteiger partial charge >= 0.3 is 5.97 Å². The molecule has 0 aliphatic carbocycles. The number of carboxylic acid groups (broad SMARTS) is 1. The van der Waals surface area contributed by atoms with Crippen LogP contribution in [0.5, 0.6) is 0 Å². The van der Waals surface area contributed by atoms with Crippen molar-refractivity contribution in [2.45, 2.75) is 31.8 Å². The average molecular weight is 204 g/mol. The first-order valence-electron chi connectivity index (χ1n) is 4.22. The van der Waals surface area contributed by atoms with E-state index in [1.807, 2.05) is 0 Å². The van der Waals surface area contributed by atoms with Crippen LogP contribution in [-0.4, -0.2) is 40.3 Å². The maximum Gasteiger partial charge on any atom is 0.326 e. The van der Waals surface area contributed by atoms with Gasteiger partial charge < -0.3 is 21.3 Å². The molecular formula is C8H16N2O4. The number of aliphatic hydroxyl groups excluding tert-OH is 1. The number of nitrogens with two attached hydrogens (primary N) is 1. The molecular weight excluding hydrogens is 188 g/mol. The molecule has 0 saturated heterocycles. The maximum atomic E-state index is 11.3. The maximum absolute atomic E-state index is 11.3. The van der Waals surface area contributed by atoms with Crippen LogP contribution < -0.4 is 11.1 Å². The molecule has 1 atom stereocenters. The Morgan fingerprint density at radius 2 is 2.00 bits per heavy atom. The molecule has 82 valence electrons. The second kappa shape index (κ2) is 4.92. The van der Waals surface area contributed by atoms with E-state index in [1.165, 1.54) is 13.8 Å². The molecule has 0 heterocycles. The van der Waals surface area contributed by atoms with Gasteiger partial charge in [0.15, 0.2) is 0 Å². The quantitative estimate of drug-likeness (QED) is 0.443. The highest BCUT2D eigenvalue weighted by atomic mass is 16.4. The van der Waals surface area contributed by atoms with Gasteiger partial charge in [0.05, 0.1) is 5.54 Å². The number of carbonyl (C=O) groups is 2. The Hall–Kier alpha value is -1.14. The van der Waals surface area contributed by atoms with Crippen molar-refractivity contribution in [1.29, 1.82) is 0 Å². The van der Waals surface area contributed by atoms with Crippen molar-refractivity contribution in [1.82, 2.24) is 5.32 Å². The third-order valence-corrected chi connectivity index (χ3v) is 1.61. The Kier molecular flexibility index (Phi) is 4.52. The predicted octanol–water partition coefficient (Wildman–Crippen LogP) is -1.32. The summed E-state index contributed by atoms with van der Waals surface area (Å²) < 4.78 is 0. The molecule has 0 aliphatic rings. The van der Waals surface area contributed by atoms with Gasteiger partial charge in [-0.05, 0) is 13.8 Å². The minimum Gasteiger partial charge on any atom is -0.480 e. The minimum atomic E-state index is -1.18. The Balaban J connectivity index is 4.31. The zero-order chi connectivity index (χ0) is 11.4. The topological polar surface area (TPSA) is 113 Å². The van der Waals surface area contributed by atoms with Crippen LogP contribution in [0.25, 0.3) is 0 Å². The Bertz CT molecular complexity index is 222. The smallest absolute Gasteiger partial charge is 0.326 e. The normalized spacial score (nSPS) is 13.4. The molecule has 0 aromatic heterocycles. The van der Waals surface area contributed by atoms with E-state index in [9.17, 15) is 9.59 Å². The number of hydrogen-bond donors (Lipinski definition) is 4. The lowest BCUT2D eigenvalue weighted by atomic mass is 10.1. The van der Waals surface area contributed by atoms with E-state index >= 15 is 0 Å². The number of nitrogens with one attached hydrogen (secondary N) is 1. The Morgan fingerprint density at radius 3 is 2.29 bits per heavy atom. The van der Waals surface area contributed by atoms with Crippen molar-refractivity contribution < 1.29 is 19.8 Å². The van der Waals surface area contributed by atoms with E-state index in [2.05, 4.69) is 5.32 Å². The van der Waals surface area contributed by atoms with Crippen molar-refractivity contribution in [3.8, 4) is 0 Å². The van der Waals surface area contributed by atoms with E-state index < -0.39 is 23.5 Å². The molecule has 14 heavy (non-hydrogen) atoms. The van der Waals surface area contributed by atoms with Crippen molar-refractivity contribution in [2.75, 3.05) is 6.61 Å². The van der Waals surface area contributed by atoms with Crippen molar-refractivity contribution in [3.05, 3.63) is 0 Å². The summed E-state index contributed by atoms with van der Waals surface area (Å²) in [6, 6.07) is -1.09. The summed E-state index contributed by atoms with van der Waals surface area (Å²) >= 11 is 0. The molecule has 6 heteroatoms. The lowest BCUT2D eigenvalue weighted by Crippen LogP contribution is -2.54. The van der Waals surface area contributed by atoms with E-state index in [0.29, 0.717) is 0 Å². The largest absolute Gasteiger partial charge is 0.480 e. The summed E-state index contributed by atoms with van der Waals surface area (Å²) in [5, 5.41) is 19.4. The molecule has 0 radical (unpaired) electrons. The SMILES string of the molecule is CC(C)(N)C(=O)NC(CCO)C(=O)O. The van der Waals surface area contributed by atoms with E-state index in [1.54, 1.807) is 0 Å². The summed E-state index contributed by atoms with van der Waals surface area (Å²) in [4.78, 5) is 21.9. The molecule has 0 rings (SSSR count). The van der Waals surface area contributed by atoms with Gasteiger partial charge in [-0.15, -0.1) is 0 Å². The van der Waals surface area contributed by atoms with Crippen molar-refractivity contribution >= 4 is 11.9 Å². The molecule has 0 saturated carbocycles. The highest BCUT2D eigenvalue weighted by molar-refractivity contribution is 5.89. The number of aliphatic carboxylic acids is 1. The molecule has 0 aromatic carbocycles. The third kappa shape index (κ3) is 4.20. The van der Waals surface area contributed by atoms with Gasteiger partial charge in [-0.2, -0.15) is 0 Å².